The predicted octanol–water partition coefficient (Wildman–Crippen LogP) is 3.47. The van der Waals surface area contributed by atoms with Crippen molar-refractivity contribution in [1.82, 2.24) is 9.55 Å². The van der Waals surface area contributed by atoms with Gasteiger partial charge in [0.25, 0.3) is 11.6 Å². The lowest BCUT2D eigenvalue weighted by molar-refractivity contribution is -0.384. The third kappa shape index (κ3) is 3.85. The molecule has 0 aliphatic rings. The number of ketones is 1. The van der Waals surface area contributed by atoms with E-state index >= 15 is 0 Å². The van der Waals surface area contributed by atoms with Gasteiger partial charge in [0.05, 0.1) is 15.5 Å². The van der Waals surface area contributed by atoms with Crippen LogP contribution in [0.5, 0.6) is 0 Å². The molecule has 0 aliphatic heterocycles. The van der Waals surface area contributed by atoms with Gasteiger partial charge >= 0.3 is 0 Å². The second-order valence-corrected chi connectivity index (χ2v) is 6.05. The second-order valence-electron chi connectivity index (χ2n) is 5.64. The van der Waals surface area contributed by atoms with Crippen LogP contribution in [0.15, 0.2) is 54.9 Å². The van der Waals surface area contributed by atoms with Crippen LogP contribution in [0.1, 0.15) is 26.5 Å². The molecule has 1 aromatic heterocycles. The number of aromatic nitrogens is 2. The zero-order valence-corrected chi connectivity index (χ0v) is 14.8. The monoisotopic (exact) mass is 384 g/mol. The molecule has 1 amide bonds. The zero-order chi connectivity index (χ0) is 19.6. The largest absolute Gasteiger partial charge is 0.331 e. The lowest BCUT2D eigenvalue weighted by Gasteiger charge is -2.08. The molecule has 1 N–H and O–H groups in total. The van der Waals surface area contributed by atoms with Crippen LogP contribution >= 0.6 is 11.6 Å². The first-order valence-electron chi connectivity index (χ1n) is 7.74. The van der Waals surface area contributed by atoms with E-state index in [-0.39, 0.29) is 22.1 Å². The van der Waals surface area contributed by atoms with E-state index in [0.29, 0.717) is 17.1 Å². The van der Waals surface area contributed by atoms with Crippen LogP contribution in [0, 0.1) is 10.1 Å². The molecule has 0 radical (unpaired) electrons. The van der Waals surface area contributed by atoms with Gasteiger partial charge in [-0.3, -0.25) is 19.7 Å². The molecule has 0 bridgehead atoms. The van der Waals surface area contributed by atoms with Gasteiger partial charge in [0.1, 0.15) is 0 Å². The topological polar surface area (TPSA) is 107 Å². The van der Waals surface area contributed by atoms with Crippen LogP contribution in [0.4, 0.5) is 11.4 Å². The fourth-order valence-corrected chi connectivity index (χ4v) is 2.62. The predicted molar refractivity (Wildman–Crippen MR) is 99.1 cm³/mol. The summed E-state index contributed by atoms with van der Waals surface area (Å²) < 4.78 is 1.61. The van der Waals surface area contributed by atoms with Crippen LogP contribution in [0.2, 0.25) is 5.02 Å². The van der Waals surface area contributed by atoms with Crippen molar-refractivity contribution >= 4 is 34.7 Å². The summed E-state index contributed by atoms with van der Waals surface area (Å²) in [5, 5.41) is 13.6. The van der Waals surface area contributed by atoms with Gasteiger partial charge in [0.15, 0.2) is 5.82 Å². The first-order chi connectivity index (χ1) is 12.9. The molecule has 0 unspecified atom stereocenters. The Hall–Kier alpha value is -3.52. The summed E-state index contributed by atoms with van der Waals surface area (Å²) in [7, 11) is 1.72. The number of carbonyl (C=O) groups excluding carboxylic acids is 2. The van der Waals surface area contributed by atoms with E-state index in [0.717, 1.165) is 6.07 Å². The number of nitrogens with one attached hydrogen (secondary N) is 1. The summed E-state index contributed by atoms with van der Waals surface area (Å²) in [6, 6.07) is 9.85. The van der Waals surface area contributed by atoms with Crippen molar-refractivity contribution in [2.24, 2.45) is 7.05 Å². The van der Waals surface area contributed by atoms with Gasteiger partial charge in [-0.15, -0.1) is 0 Å². The third-order valence-corrected chi connectivity index (χ3v) is 4.16. The number of nitro benzene ring substituents is 1. The van der Waals surface area contributed by atoms with Gasteiger partial charge in [-0.25, -0.2) is 4.98 Å². The van der Waals surface area contributed by atoms with Crippen LogP contribution < -0.4 is 5.32 Å². The molecule has 3 aromatic rings. The molecule has 0 fully saturated rings. The van der Waals surface area contributed by atoms with E-state index < -0.39 is 10.8 Å². The second kappa shape index (κ2) is 7.38. The number of imidazole rings is 1. The van der Waals surface area contributed by atoms with E-state index in [9.17, 15) is 19.7 Å². The summed E-state index contributed by atoms with van der Waals surface area (Å²) in [5.41, 5.74) is 0.578. The van der Waals surface area contributed by atoms with Crippen LogP contribution in [-0.4, -0.2) is 26.2 Å². The molecule has 0 aliphatic carbocycles. The molecule has 27 heavy (non-hydrogen) atoms. The molecular weight excluding hydrogens is 372 g/mol. The quantitative estimate of drug-likeness (QED) is 0.411. The molecule has 2 aromatic carbocycles. The average molecular weight is 385 g/mol. The fourth-order valence-electron chi connectivity index (χ4n) is 2.42. The van der Waals surface area contributed by atoms with Gasteiger partial charge in [-0.05, 0) is 30.3 Å². The summed E-state index contributed by atoms with van der Waals surface area (Å²) in [6.45, 7) is 0. The highest BCUT2D eigenvalue weighted by atomic mass is 35.5. The lowest BCUT2D eigenvalue weighted by Crippen LogP contribution is -2.13. The number of anilines is 1. The molecule has 1 heterocycles. The standard InChI is InChI=1S/C18H13ClN4O4/c1-22-9-8-20-17(22)16(24)11-2-4-12(5-3-11)21-18(25)14-10-13(23(26)27)6-7-15(14)19/h2-10H,1H3,(H,21,25). The summed E-state index contributed by atoms with van der Waals surface area (Å²) in [6.07, 6.45) is 3.20. The average Bonchev–Trinajstić information content (AvgIpc) is 3.07. The van der Waals surface area contributed by atoms with E-state index in [2.05, 4.69) is 10.3 Å². The summed E-state index contributed by atoms with van der Waals surface area (Å²) in [5.74, 6) is -0.538. The van der Waals surface area contributed by atoms with E-state index in [4.69, 9.17) is 11.6 Å². The van der Waals surface area contributed by atoms with Crippen molar-refractivity contribution in [3.8, 4) is 0 Å². The Kier molecular flexibility index (Phi) is 5.00. The van der Waals surface area contributed by atoms with Crippen molar-refractivity contribution in [2.45, 2.75) is 0 Å². The molecule has 9 heteroatoms. The highest BCUT2D eigenvalue weighted by Crippen LogP contribution is 2.23. The van der Waals surface area contributed by atoms with Crippen molar-refractivity contribution < 1.29 is 14.5 Å². The van der Waals surface area contributed by atoms with Crippen molar-refractivity contribution in [2.75, 3.05) is 5.32 Å². The SMILES string of the molecule is Cn1ccnc1C(=O)c1ccc(NC(=O)c2cc([N+](=O)[O-])ccc2Cl)cc1. The molecule has 3 rings (SSSR count). The molecule has 0 spiro atoms. The maximum Gasteiger partial charge on any atom is 0.270 e. The van der Waals surface area contributed by atoms with Crippen molar-refractivity contribution in [1.29, 1.82) is 0 Å². The van der Waals surface area contributed by atoms with Gasteiger partial charge in [0.2, 0.25) is 5.78 Å². The maximum absolute atomic E-state index is 12.4. The van der Waals surface area contributed by atoms with Crippen molar-refractivity contribution in [3.05, 3.63) is 86.9 Å². The van der Waals surface area contributed by atoms with Gasteiger partial charge in [-0.1, -0.05) is 11.6 Å². The maximum atomic E-state index is 12.4. The molecular formula is C18H13ClN4O4. The van der Waals surface area contributed by atoms with Crippen LogP contribution in [0.25, 0.3) is 0 Å². The number of nitrogens with zero attached hydrogens (tertiary/aromatic N) is 3. The highest BCUT2D eigenvalue weighted by molar-refractivity contribution is 6.34. The Bertz CT molecular complexity index is 1040. The Labute approximate surface area is 158 Å². The first-order valence-corrected chi connectivity index (χ1v) is 8.12. The first kappa shape index (κ1) is 18.3. The number of hydrogen-bond donors (Lipinski definition) is 1. The number of rotatable bonds is 5. The summed E-state index contributed by atoms with van der Waals surface area (Å²) in [4.78, 5) is 39.0. The van der Waals surface area contributed by atoms with Crippen LogP contribution in [0.3, 0.4) is 0 Å². The number of benzene rings is 2. The minimum Gasteiger partial charge on any atom is -0.331 e. The van der Waals surface area contributed by atoms with Crippen molar-refractivity contribution in [3.63, 3.8) is 0 Å². The molecule has 0 saturated heterocycles. The minimum atomic E-state index is -0.606. The molecule has 136 valence electrons. The molecule has 0 atom stereocenters. The highest BCUT2D eigenvalue weighted by Gasteiger charge is 2.17. The number of halogens is 1. The zero-order valence-electron chi connectivity index (χ0n) is 14.0. The number of amides is 1. The van der Waals surface area contributed by atoms with E-state index in [1.807, 2.05) is 0 Å². The Morgan fingerprint density at radius 3 is 2.48 bits per heavy atom. The van der Waals surface area contributed by atoms with E-state index in [1.165, 1.54) is 18.3 Å². The third-order valence-electron chi connectivity index (χ3n) is 3.83. The number of hydrogen-bond acceptors (Lipinski definition) is 5. The fraction of sp³-hybridized carbons (Fsp3) is 0.0556. The van der Waals surface area contributed by atoms with E-state index in [1.54, 1.807) is 42.1 Å². The van der Waals surface area contributed by atoms with Gasteiger partial charge in [-0.2, -0.15) is 0 Å². The van der Waals surface area contributed by atoms with Crippen LogP contribution in [-0.2, 0) is 7.05 Å². The molecule has 8 nitrogen and oxygen atoms in total. The number of non-ortho nitro benzene ring substituents is 1. The van der Waals surface area contributed by atoms with Gasteiger partial charge in [0, 0.05) is 42.8 Å². The number of carbonyl (C=O) groups is 2. The smallest absolute Gasteiger partial charge is 0.270 e. The summed E-state index contributed by atoms with van der Waals surface area (Å²) >= 11 is 5.96. The Morgan fingerprint density at radius 2 is 1.89 bits per heavy atom. The number of aryl methyl sites for hydroxylation is 1. The normalized spacial score (nSPS) is 10.4. The Balaban J connectivity index is 1.78. The Morgan fingerprint density at radius 1 is 1.19 bits per heavy atom. The lowest BCUT2D eigenvalue weighted by atomic mass is 10.1. The minimum absolute atomic E-state index is 0.0148. The van der Waals surface area contributed by atoms with Gasteiger partial charge < -0.3 is 9.88 Å². The molecule has 0 saturated carbocycles. The number of nitro groups is 1.